The first kappa shape index (κ1) is 13.6. The van der Waals surface area contributed by atoms with Gasteiger partial charge >= 0.3 is 0 Å². The van der Waals surface area contributed by atoms with E-state index >= 15 is 0 Å². The molecule has 2 aromatic carbocycles. The molecule has 0 aliphatic carbocycles. The molecule has 1 unspecified atom stereocenters. The molecular weight excluding hydrogens is 294 g/mol. The van der Waals surface area contributed by atoms with Crippen molar-refractivity contribution in [2.45, 2.75) is 13.0 Å². The SMILES string of the molecule is CC(Nc1nc2ccccc2o1)c1ccc2c(c1)NC(=O)CO2. The topological polar surface area (TPSA) is 76.4 Å². The van der Waals surface area contributed by atoms with Crippen LogP contribution in [0.25, 0.3) is 11.1 Å². The molecule has 0 radical (unpaired) electrons. The molecule has 6 nitrogen and oxygen atoms in total. The number of amides is 1. The van der Waals surface area contributed by atoms with E-state index < -0.39 is 0 Å². The number of hydrogen-bond donors (Lipinski definition) is 2. The van der Waals surface area contributed by atoms with Crippen molar-refractivity contribution in [3.63, 3.8) is 0 Å². The van der Waals surface area contributed by atoms with Gasteiger partial charge in [0.15, 0.2) is 12.2 Å². The quantitative estimate of drug-likeness (QED) is 0.776. The van der Waals surface area contributed by atoms with Gasteiger partial charge in [0.05, 0.1) is 11.7 Å². The summed E-state index contributed by atoms with van der Waals surface area (Å²) in [5.41, 5.74) is 3.24. The number of oxazole rings is 1. The first-order valence-electron chi connectivity index (χ1n) is 7.38. The van der Waals surface area contributed by atoms with Crippen molar-refractivity contribution in [1.29, 1.82) is 0 Å². The lowest BCUT2D eigenvalue weighted by Gasteiger charge is -2.20. The normalized spacial score (nSPS) is 14.7. The predicted octanol–water partition coefficient (Wildman–Crippen LogP) is 3.33. The summed E-state index contributed by atoms with van der Waals surface area (Å²) < 4.78 is 11.0. The summed E-state index contributed by atoms with van der Waals surface area (Å²) in [6, 6.07) is 13.8. The minimum Gasteiger partial charge on any atom is -0.482 e. The zero-order chi connectivity index (χ0) is 15.8. The van der Waals surface area contributed by atoms with Crippen LogP contribution in [0.1, 0.15) is 18.5 Å². The Morgan fingerprint density at radius 1 is 1.26 bits per heavy atom. The molecule has 4 rings (SSSR count). The van der Waals surface area contributed by atoms with Crippen LogP contribution in [-0.4, -0.2) is 17.5 Å². The van der Waals surface area contributed by atoms with Crippen LogP contribution in [0.3, 0.4) is 0 Å². The molecule has 1 aromatic heterocycles. The summed E-state index contributed by atoms with van der Waals surface area (Å²) in [4.78, 5) is 15.8. The number of anilines is 2. The summed E-state index contributed by atoms with van der Waals surface area (Å²) in [6.45, 7) is 2.06. The third kappa shape index (κ3) is 2.59. The van der Waals surface area contributed by atoms with Crippen LogP contribution in [0.4, 0.5) is 11.7 Å². The van der Waals surface area contributed by atoms with E-state index in [2.05, 4.69) is 15.6 Å². The summed E-state index contributed by atoms with van der Waals surface area (Å²) in [5.74, 6) is 0.539. The highest BCUT2D eigenvalue weighted by atomic mass is 16.5. The van der Waals surface area contributed by atoms with Crippen molar-refractivity contribution >= 4 is 28.7 Å². The third-order valence-electron chi connectivity index (χ3n) is 3.77. The van der Waals surface area contributed by atoms with E-state index in [-0.39, 0.29) is 18.6 Å². The third-order valence-corrected chi connectivity index (χ3v) is 3.77. The molecule has 1 aliphatic rings. The van der Waals surface area contributed by atoms with Gasteiger partial charge in [0.25, 0.3) is 11.9 Å². The maximum atomic E-state index is 11.4. The fraction of sp³-hybridized carbons (Fsp3) is 0.176. The smallest absolute Gasteiger partial charge is 0.296 e. The van der Waals surface area contributed by atoms with Crippen molar-refractivity contribution in [2.24, 2.45) is 0 Å². The van der Waals surface area contributed by atoms with E-state index in [1.54, 1.807) is 0 Å². The highest BCUT2D eigenvalue weighted by Gasteiger charge is 2.18. The highest BCUT2D eigenvalue weighted by Crippen LogP contribution is 2.31. The van der Waals surface area contributed by atoms with E-state index in [0.29, 0.717) is 17.5 Å². The zero-order valence-electron chi connectivity index (χ0n) is 12.5. The number of ether oxygens (including phenoxy) is 1. The molecular formula is C17H15N3O3. The van der Waals surface area contributed by atoms with Crippen LogP contribution >= 0.6 is 0 Å². The first-order valence-corrected chi connectivity index (χ1v) is 7.38. The van der Waals surface area contributed by atoms with Crippen molar-refractivity contribution in [2.75, 3.05) is 17.2 Å². The second-order valence-corrected chi connectivity index (χ2v) is 5.45. The Morgan fingerprint density at radius 3 is 3.00 bits per heavy atom. The largest absolute Gasteiger partial charge is 0.482 e. The Hall–Kier alpha value is -3.02. The van der Waals surface area contributed by atoms with Gasteiger partial charge in [-0.2, -0.15) is 4.98 Å². The number of fused-ring (bicyclic) bond motifs is 2. The Morgan fingerprint density at radius 2 is 2.13 bits per heavy atom. The average molecular weight is 309 g/mol. The van der Waals surface area contributed by atoms with E-state index in [9.17, 15) is 4.79 Å². The number of carbonyl (C=O) groups is 1. The molecule has 0 bridgehead atoms. The van der Waals surface area contributed by atoms with Crippen LogP contribution in [0.15, 0.2) is 46.9 Å². The number of hydrogen-bond acceptors (Lipinski definition) is 5. The summed E-state index contributed by atoms with van der Waals surface area (Å²) >= 11 is 0. The zero-order valence-corrected chi connectivity index (χ0v) is 12.5. The lowest BCUT2D eigenvalue weighted by molar-refractivity contribution is -0.118. The number of aromatic nitrogens is 1. The van der Waals surface area contributed by atoms with E-state index in [1.807, 2.05) is 49.4 Å². The predicted molar refractivity (Wildman–Crippen MR) is 86.6 cm³/mol. The van der Waals surface area contributed by atoms with Crippen LogP contribution in [0, 0.1) is 0 Å². The van der Waals surface area contributed by atoms with Gasteiger partial charge in [-0.3, -0.25) is 4.79 Å². The fourth-order valence-electron chi connectivity index (χ4n) is 2.57. The highest BCUT2D eigenvalue weighted by molar-refractivity contribution is 5.95. The molecule has 0 spiro atoms. The molecule has 1 aliphatic heterocycles. The van der Waals surface area contributed by atoms with Gasteiger partial charge in [-0.15, -0.1) is 0 Å². The molecule has 1 amide bonds. The Bertz CT molecular complexity index is 855. The molecule has 6 heteroatoms. The second-order valence-electron chi connectivity index (χ2n) is 5.45. The lowest BCUT2D eigenvalue weighted by atomic mass is 10.1. The van der Waals surface area contributed by atoms with Crippen molar-refractivity contribution in [1.82, 2.24) is 4.98 Å². The van der Waals surface area contributed by atoms with Crippen LogP contribution in [-0.2, 0) is 4.79 Å². The number of nitrogens with zero attached hydrogens (tertiary/aromatic N) is 1. The number of rotatable bonds is 3. The summed E-state index contributed by atoms with van der Waals surface area (Å²) in [7, 11) is 0. The minimum atomic E-state index is -0.144. The number of nitrogens with one attached hydrogen (secondary N) is 2. The second kappa shape index (κ2) is 5.31. The summed E-state index contributed by atoms with van der Waals surface area (Å²) in [5, 5.41) is 6.04. The van der Waals surface area contributed by atoms with Crippen molar-refractivity contribution in [3.05, 3.63) is 48.0 Å². The van der Waals surface area contributed by atoms with Gasteiger partial charge in [0, 0.05) is 0 Å². The molecule has 0 saturated heterocycles. The maximum Gasteiger partial charge on any atom is 0.296 e. The fourth-order valence-corrected chi connectivity index (χ4v) is 2.57. The molecule has 2 heterocycles. The molecule has 0 saturated carbocycles. The van der Waals surface area contributed by atoms with Gasteiger partial charge in [-0.05, 0) is 36.8 Å². The number of benzene rings is 2. The van der Waals surface area contributed by atoms with Gasteiger partial charge in [0.2, 0.25) is 0 Å². The molecule has 2 N–H and O–H groups in total. The average Bonchev–Trinajstić information content (AvgIpc) is 2.96. The van der Waals surface area contributed by atoms with Gasteiger partial charge < -0.3 is 19.8 Å². The van der Waals surface area contributed by atoms with Crippen LogP contribution in [0.5, 0.6) is 5.75 Å². The first-order chi connectivity index (χ1) is 11.2. The van der Waals surface area contributed by atoms with Crippen LogP contribution in [0.2, 0.25) is 0 Å². The summed E-state index contributed by atoms with van der Waals surface area (Å²) in [6.07, 6.45) is 0. The Balaban J connectivity index is 1.58. The number of carbonyl (C=O) groups excluding carboxylic acids is 1. The van der Waals surface area contributed by atoms with Crippen molar-refractivity contribution < 1.29 is 13.9 Å². The molecule has 0 fully saturated rings. The molecule has 1 atom stereocenters. The maximum absolute atomic E-state index is 11.4. The molecule has 23 heavy (non-hydrogen) atoms. The minimum absolute atomic E-state index is 0.0350. The van der Waals surface area contributed by atoms with Gasteiger partial charge in [0.1, 0.15) is 11.3 Å². The van der Waals surface area contributed by atoms with Crippen molar-refractivity contribution in [3.8, 4) is 5.75 Å². The monoisotopic (exact) mass is 309 g/mol. The van der Waals surface area contributed by atoms with Gasteiger partial charge in [-0.1, -0.05) is 18.2 Å². The lowest BCUT2D eigenvalue weighted by Crippen LogP contribution is -2.25. The number of para-hydroxylation sites is 2. The van der Waals surface area contributed by atoms with Crippen LogP contribution < -0.4 is 15.4 Å². The standard InChI is InChI=1S/C17H15N3O3/c1-10(18-17-20-12-4-2-3-5-15(12)23-17)11-6-7-14-13(8-11)19-16(21)9-22-14/h2-8,10H,9H2,1H3,(H,18,20)(H,19,21). The Kier molecular flexibility index (Phi) is 3.15. The van der Waals surface area contributed by atoms with E-state index in [1.165, 1.54) is 0 Å². The van der Waals surface area contributed by atoms with Gasteiger partial charge in [-0.25, -0.2) is 0 Å². The molecule has 3 aromatic rings. The molecule has 116 valence electrons. The Labute approximate surface area is 132 Å². The van der Waals surface area contributed by atoms with E-state index in [0.717, 1.165) is 16.7 Å². The van der Waals surface area contributed by atoms with E-state index in [4.69, 9.17) is 9.15 Å².